The Morgan fingerprint density at radius 2 is 2.14 bits per heavy atom. The van der Waals surface area contributed by atoms with Gasteiger partial charge in [-0.05, 0) is 19.3 Å². The van der Waals surface area contributed by atoms with Crippen LogP contribution in [0.4, 0.5) is 4.79 Å². The average Bonchev–Trinajstić information content (AvgIpc) is 2.70. The van der Waals surface area contributed by atoms with Crippen molar-refractivity contribution in [3.63, 3.8) is 0 Å². The summed E-state index contributed by atoms with van der Waals surface area (Å²) >= 11 is 0. The van der Waals surface area contributed by atoms with E-state index in [-0.39, 0.29) is 30.3 Å². The number of rotatable bonds is 7. The Morgan fingerprint density at radius 3 is 2.64 bits per heavy atom. The van der Waals surface area contributed by atoms with Crippen molar-refractivity contribution in [2.24, 2.45) is 5.41 Å². The molecule has 0 spiro atoms. The minimum Gasteiger partial charge on any atom is -0.396 e. The van der Waals surface area contributed by atoms with Crippen molar-refractivity contribution in [2.45, 2.75) is 45.1 Å². The van der Waals surface area contributed by atoms with Gasteiger partial charge >= 0.3 is 6.03 Å². The summed E-state index contributed by atoms with van der Waals surface area (Å²) in [6, 6.07) is -1.18. The summed E-state index contributed by atoms with van der Waals surface area (Å²) in [6.45, 7) is 2.84. The first-order chi connectivity index (χ1) is 10.4. The first-order valence-electron chi connectivity index (χ1n) is 7.89. The Morgan fingerprint density at radius 1 is 1.45 bits per heavy atom. The molecule has 2 N–H and O–H groups in total. The molecule has 1 atom stereocenters. The number of nitrogens with one attached hydrogen (secondary N) is 1. The van der Waals surface area contributed by atoms with Gasteiger partial charge in [-0.2, -0.15) is 0 Å². The smallest absolute Gasteiger partial charge is 0.324 e. The van der Waals surface area contributed by atoms with E-state index in [1.165, 1.54) is 4.90 Å². The highest BCUT2D eigenvalue weighted by Gasteiger charge is 2.41. The van der Waals surface area contributed by atoms with E-state index in [9.17, 15) is 19.5 Å². The average molecular weight is 311 g/mol. The minimum atomic E-state index is -0.763. The molecule has 2 fully saturated rings. The normalized spacial score (nSPS) is 23.2. The third-order valence-corrected chi connectivity index (χ3v) is 4.68. The molecule has 124 valence electrons. The molecule has 0 aromatic heterocycles. The van der Waals surface area contributed by atoms with Crippen LogP contribution in [0.1, 0.15) is 39.0 Å². The molecule has 0 aromatic carbocycles. The maximum absolute atomic E-state index is 12.3. The van der Waals surface area contributed by atoms with Crippen molar-refractivity contribution >= 4 is 17.8 Å². The summed E-state index contributed by atoms with van der Waals surface area (Å²) in [7, 11) is 1.68. The molecule has 22 heavy (non-hydrogen) atoms. The fraction of sp³-hybridized carbons (Fsp3) is 0.800. The van der Waals surface area contributed by atoms with Crippen LogP contribution in [-0.4, -0.2) is 65.5 Å². The summed E-state index contributed by atoms with van der Waals surface area (Å²) in [4.78, 5) is 38.8. The first kappa shape index (κ1) is 16.7. The summed E-state index contributed by atoms with van der Waals surface area (Å²) in [5.74, 6) is -0.508. The van der Waals surface area contributed by atoms with Crippen molar-refractivity contribution in [2.75, 3.05) is 26.7 Å². The van der Waals surface area contributed by atoms with E-state index in [2.05, 4.69) is 5.32 Å². The van der Waals surface area contributed by atoms with Gasteiger partial charge in [0.2, 0.25) is 5.91 Å². The molecular weight excluding hydrogens is 286 g/mol. The number of hydrogen-bond acceptors (Lipinski definition) is 4. The lowest BCUT2D eigenvalue weighted by molar-refractivity contribution is -0.137. The van der Waals surface area contributed by atoms with E-state index in [0.29, 0.717) is 19.5 Å². The summed E-state index contributed by atoms with van der Waals surface area (Å²) in [5, 5.41) is 12.0. The number of nitrogens with zero attached hydrogens (tertiary/aromatic N) is 2. The molecule has 1 saturated heterocycles. The summed E-state index contributed by atoms with van der Waals surface area (Å²) in [6.07, 6.45) is 3.59. The van der Waals surface area contributed by atoms with Gasteiger partial charge in [-0.1, -0.05) is 13.3 Å². The van der Waals surface area contributed by atoms with E-state index in [0.717, 1.165) is 19.3 Å². The molecule has 4 amide bonds. The standard InChI is InChI=1S/C15H25N3O4/c1-3-7-18-13(21)11(16-14(18)22)8-12(20)17(2)9-15(10-19)5-4-6-15/h11,19H,3-10H2,1-2H3,(H,16,22)/t11-/m0/s1. The quantitative estimate of drug-likeness (QED) is 0.663. The van der Waals surface area contributed by atoms with Crippen LogP contribution < -0.4 is 5.32 Å². The number of carbonyl (C=O) groups excluding carboxylic acids is 3. The van der Waals surface area contributed by atoms with Crippen LogP contribution in [0.3, 0.4) is 0 Å². The molecule has 2 aliphatic rings. The molecule has 7 nitrogen and oxygen atoms in total. The largest absolute Gasteiger partial charge is 0.396 e. The third-order valence-electron chi connectivity index (χ3n) is 4.68. The van der Waals surface area contributed by atoms with Crippen LogP contribution in [0.15, 0.2) is 0 Å². The molecule has 1 heterocycles. The predicted octanol–water partition coefficient (Wildman–Crippen LogP) is 0.328. The Bertz CT molecular complexity index is 456. The van der Waals surface area contributed by atoms with Crippen molar-refractivity contribution in [3.05, 3.63) is 0 Å². The van der Waals surface area contributed by atoms with E-state index in [1.54, 1.807) is 11.9 Å². The zero-order valence-electron chi connectivity index (χ0n) is 13.3. The number of amides is 4. The van der Waals surface area contributed by atoms with Crippen molar-refractivity contribution in [1.29, 1.82) is 0 Å². The van der Waals surface area contributed by atoms with Gasteiger partial charge in [0.15, 0.2) is 0 Å². The SMILES string of the molecule is CCCN1C(=O)N[C@@H](CC(=O)N(C)CC2(CO)CCC2)C1=O. The van der Waals surface area contributed by atoms with Gasteiger partial charge in [0.25, 0.3) is 5.91 Å². The van der Waals surface area contributed by atoms with E-state index in [1.807, 2.05) is 6.92 Å². The van der Waals surface area contributed by atoms with Gasteiger partial charge in [0.05, 0.1) is 13.0 Å². The predicted molar refractivity (Wildman–Crippen MR) is 79.9 cm³/mol. The van der Waals surface area contributed by atoms with Gasteiger partial charge in [-0.15, -0.1) is 0 Å². The van der Waals surface area contributed by atoms with Crippen LogP contribution in [-0.2, 0) is 9.59 Å². The monoisotopic (exact) mass is 311 g/mol. The fourth-order valence-electron chi connectivity index (χ4n) is 3.12. The highest BCUT2D eigenvalue weighted by molar-refractivity contribution is 6.05. The van der Waals surface area contributed by atoms with E-state index in [4.69, 9.17) is 0 Å². The maximum Gasteiger partial charge on any atom is 0.324 e. The zero-order valence-corrected chi connectivity index (χ0v) is 13.3. The second kappa shape index (κ2) is 6.64. The van der Waals surface area contributed by atoms with Crippen LogP contribution >= 0.6 is 0 Å². The van der Waals surface area contributed by atoms with Crippen LogP contribution in [0.5, 0.6) is 0 Å². The Labute approximate surface area is 130 Å². The molecule has 7 heteroatoms. The second-order valence-corrected chi connectivity index (χ2v) is 6.46. The lowest BCUT2D eigenvalue weighted by Crippen LogP contribution is -2.47. The van der Waals surface area contributed by atoms with Gasteiger partial charge in [0, 0.05) is 25.6 Å². The molecule has 1 aliphatic carbocycles. The summed E-state index contributed by atoms with van der Waals surface area (Å²) in [5.41, 5.74) is -0.179. The molecule has 1 aliphatic heterocycles. The number of aliphatic hydroxyl groups is 1. The van der Waals surface area contributed by atoms with E-state index >= 15 is 0 Å². The first-order valence-corrected chi connectivity index (χ1v) is 7.89. The second-order valence-electron chi connectivity index (χ2n) is 6.46. The minimum absolute atomic E-state index is 0.0250. The van der Waals surface area contributed by atoms with Crippen molar-refractivity contribution < 1.29 is 19.5 Å². The number of aliphatic hydroxyl groups excluding tert-OH is 1. The number of urea groups is 1. The van der Waals surface area contributed by atoms with Crippen molar-refractivity contribution in [3.8, 4) is 0 Å². The molecular formula is C15H25N3O4. The van der Waals surface area contributed by atoms with Gasteiger partial charge < -0.3 is 15.3 Å². The van der Waals surface area contributed by atoms with Gasteiger partial charge in [0.1, 0.15) is 6.04 Å². The number of carbonyl (C=O) groups is 3. The topological polar surface area (TPSA) is 90.0 Å². The molecule has 0 radical (unpaired) electrons. The Hall–Kier alpha value is -1.63. The Kier molecular flexibility index (Phi) is 5.05. The van der Waals surface area contributed by atoms with Crippen LogP contribution in [0.25, 0.3) is 0 Å². The zero-order chi connectivity index (χ0) is 16.3. The molecule has 0 bridgehead atoms. The lowest BCUT2D eigenvalue weighted by Gasteiger charge is -2.43. The fourth-order valence-corrected chi connectivity index (χ4v) is 3.12. The highest BCUT2D eigenvalue weighted by atomic mass is 16.3. The van der Waals surface area contributed by atoms with Crippen molar-refractivity contribution in [1.82, 2.24) is 15.1 Å². The molecule has 1 saturated carbocycles. The van der Waals surface area contributed by atoms with Gasteiger partial charge in [-0.25, -0.2) is 4.79 Å². The van der Waals surface area contributed by atoms with Gasteiger partial charge in [-0.3, -0.25) is 14.5 Å². The summed E-state index contributed by atoms with van der Waals surface area (Å²) < 4.78 is 0. The molecule has 0 unspecified atom stereocenters. The maximum atomic E-state index is 12.3. The number of hydrogen-bond donors (Lipinski definition) is 2. The lowest BCUT2D eigenvalue weighted by atomic mass is 9.69. The van der Waals surface area contributed by atoms with Crippen LogP contribution in [0, 0.1) is 5.41 Å². The number of imide groups is 1. The van der Waals surface area contributed by atoms with E-state index < -0.39 is 12.1 Å². The molecule has 0 aromatic rings. The highest BCUT2D eigenvalue weighted by Crippen LogP contribution is 2.40. The van der Waals surface area contributed by atoms with Crippen LogP contribution in [0.2, 0.25) is 0 Å². The Balaban J connectivity index is 1.89. The molecule has 2 rings (SSSR count). The third kappa shape index (κ3) is 3.24.